The minimum absolute atomic E-state index is 0.530. The fourth-order valence-electron chi connectivity index (χ4n) is 6.18. The molecule has 0 aliphatic carbocycles. The van der Waals surface area contributed by atoms with E-state index in [0.29, 0.717) is 5.46 Å². The molecule has 4 aliphatic heterocycles. The second kappa shape index (κ2) is 11.5. The number of anilines is 6. The molecule has 0 bridgehead atoms. The first-order chi connectivity index (χ1) is 22.5. The number of hydrogen-bond acceptors (Lipinski definition) is 8. The molecule has 4 heterocycles. The van der Waals surface area contributed by atoms with E-state index >= 15 is 0 Å². The molecule has 2 N–H and O–H groups in total. The van der Waals surface area contributed by atoms with Crippen molar-refractivity contribution < 1.29 is 10.0 Å². The first-order valence-electron chi connectivity index (χ1n) is 14.6. The molecule has 6 aromatic carbocycles. The molecule has 4 aliphatic rings. The van der Waals surface area contributed by atoms with E-state index in [-0.39, 0.29) is 0 Å². The van der Waals surface area contributed by atoms with Crippen LogP contribution in [0.25, 0.3) is 0 Å². The summed E-state index contributed by atoms with van der Waals surface area (Å²) in [5.74, 6) is 0. The predicted molar refractivity (Wildman–Crippen MR) is 196 cm³/mol. The van der Waals surface area contributed by atoms with Crippen LogP contribution in [0, 0.1) is 0 Å². The van der Waals surface area contributed by atoms with Gasteiger partial charge >= 0.3 is 7.12 Å². The number of halogens is 1. The van der Waals surface area contributed by atoms with Gasteiger partial charge in [-0.2, -0.15) is 0 Å². The Morgan fingerprint density at radius 1 is 0.435 bits per heavy atom. The van der Waals surface area contributed by atoms with E-state index in [9.17, 15) is 10.0 Å². The third kappa shape index (κ3) is 4.73. The molecule has 0 aromatic heterocycles. The molecule has 10 rings (SSSR count). The highest BCUT2D eigenvalue weighted by molar-refractivity contribution is 9.10. The normalized spacial score (nSPS) is 14.0. The van der Waals surface area contributed by atoms with Crippen LogP contribution in [0.5, 0.6) is 0 Å². The van der Waals surface area contributed by atoms with Gasteiger partial charge in [0, 0.05) is 43.6 Å². The van der Waals surface area contributed by atoms with Gasteiger partial charge in [-0.05, 0) is 78.3 Å². The first kappa shape index (κ1) is 29.0. The summed E-state index contributed by atoms with van der Waals surface area (Å²) in [6, 6.07) is 42.2. The summed E-state index contributed by atoms with van der Waals surface area (Å²) in [5.41, 5.74) is 7.86. The van der Waals surface area contributed by atoms with Crippen molar-refractivity contribution in [1.29, 1.82) is 0 Å². The van der Waals surface area contributed by atoms with Gasteiger partial charge in [0.1, 0.15) is 0 Å². The van der Waals surface area contributed by atoms with Gasteiger partial charge in [-0.25, -0.2) is 0 Å². The third-order valence-electron chi connectivity index (χ3n) is 8.12. The molecule has 222 valence electrons. The largest absolute Gasteiger partial charge is 0.488 e. The minimum Gasteiger partial charge on any atom is -0.423 e. The van der Waals surface area contributed by atoms with Crippen LogP contribution in [0.1, 0.15) is 0 Å². The summed E-state index contributed by atoms with van der Waals surface area (Å²) in [6.07, 6.45) is 0. The molecule has 0 amide bonds. The zero-order valence-electron chi connectivity index (χ0n) is 23.9. The standard InChI is InChI=1S/C18H12BNO2S2.C18H10BrNS2/c21-19(22)11-9-16-18-17(10-11)24-15-8-4-2-6-13(15)20(18)12-5-1-3-7-14(12)23-16;19-11-9-16-18-17(10-11)22-15-8-4-2-6-13(15)20(18)12-5-1-3-7-14(12)21-16/h1-10,21-22H;1-10H. The minimum atomic E-state index is -1.46. The van der Waals surface area contributed by atoms with Crippen molar-refractivity contribution >= 4 is 110 Å². The Morgan fingerprint density at radius 2 is 0.739 bits per heavy atom. The van der Waals surface area contributed by atoms with Crippen molar-refractivity contribution in [2.45, 2.75) is 39.2 Å². The monoisotopic (exact) mass is 732 g/mol. The molecular weight excluding hydrogens is 711 g/mol. The fraction of sp³-hybridized carbons (Fsp3) is 0. The second-order valence-corrected chi connectivity index (χ2v) is 16.2. The third-order valence-corrected chi connectivity index (χ3v) is 13.0. The van der Waals surface area contributed by atoms with Crippen LogP contribution in [0.2, 0.25) is 0 Å². The van der Waals surface area contributed by atoms with Crippen molar-refractivity contribution in [2.24, 2.45) is 0 Å². The molecule has 0 unspecified atom stereocenters. The maximum atomic E-state index is 9.64. The Kier molecular flexibility index (Phi) is 7.23. The SMILES string of the molecule is Brc1cc2c3c(c1)Sc1ccccc1N3c1ccccc1S2.OB(O)c1cc2c3c(c1)Sc1ccccc1N3c1ccccc1S2. The number of rotatable bonds is 1. The van der Waals surface area contributed by atoms with Crippen molar-refractivity contribution in [1.82, 2.24) is 0 Å². The van der Waals surface area contributed by atoms with Crippen LogP contribution in [-0.2, 0) is 0 Å². The van der Waals surface area contributed by atoms with Gasteiger partial charge < -0.3 is 19.8 Å². The Balaban J connectivity index is 0.000000127. The van der Waals surface area contributed by atoms with Gasteiger partial charge in [-0.3, -0.25) is 0 Å². The highest BCUT2D eigenvalue weighted by Crippen LogP contribution is 2.61. The number of para-hydroxylation sites is 4. The van der Waals surface area contributed by atoms with E-state index < -0.39 is 7.12 Å². The molecule has 0 saturated heterocycles. The molecule has 0 spiro atoms. The zero-order chi connectivity index (χ0) is 30.9. The molecule has 0 radical (unpaired) electrons. The van der Waals surface area contributed by atoms with E-state index in [2.05, 4.69) is 123 Å². The van der Waals surface area contributed by atoms with Gasteiger partial charge in [-0.15, -0.1) is 0 Å². The summed E-state index contributed by atoms with van der Waals surface area (Å²) in [7, 11) is -1.46. The summed E-state index contributed by atoms with van der Waals surface area (Å²) in [6.45, 7) is 0. The molecule has 4 nitrogen and oxygen atoms in total. The topological polar surface area (TPSA) is 46.9 Å². The number of fused-ring (bicyclic) bond motifs is 8. The van der Waals surface area contributed by atoms with Crippen LogP contribution in [0.4, 0.5) is 34.1 Å². The maximum Gasteiger partial charge on any atom is 0.488 e. The zero-order valence-corrected chi connectivity index (χ0v) is 28.8. The van der Waals surface area contributed by atoms with Gasteiger partial charge in [-0.1, -0.05) is 112 Å². The lowest BCUT2D eigenvalue weighted by atomic mass is 9.80. The van der Waals surface area contributed by atoms with Gasteiger partial charge in [0.15, 0.2) is 0 Å². The van der Waals surface area contributed by atoms with Crippen LogP contribution in [-0.4, -0.2) is 17.2 Å². The predicted octanol–water partition coefficient (Wildman–Crippen LogP) is 10.6. The van der Waals surface area contributed by atoms with E-state index in [4.69, 9.17) is 0 Å². The fourth-order valence-corrected chi connectivity index (χ4v) is 11.6. The van der Waals surface area contributed by atoms with Crippen molar-refractivity contribution in [3.05, 3.63) is 126 Å². The highest BCUT2D eigenvalue weighted by Gasteiger charge is 2.34. The average Bonchev–Trinajstić information content (AvgIpc) is 3.07. The lowest BCUT2D eigenvalue weighted by molar-refractivity contribution is 0.425. The van der Waals surface area contributed by atoms with Gasteiger partial charge in [0.25, 0.3) is 0 Å². The number of hydrogen-bond donors (Lipinski definition) is 2. The molecule has 0 saturated carbocycles. The van der Waals surface area contributed by atoms with Gasteiger partial charge in [0.05, 0.1) is 34.1 Å². The number of benzene rings is 6. The van der Waals surface area contributed by atoms with Crippen molar-refractivity contribution in [2.75, 3.05) is 9.80 Å². The van der Waals surface area contributed by atoms with E-state index in [1.807, 2.05) is 47.8 Å². The highest BCUT2D eigenvalue weighted by atomic mass is 79.9. The molecule has 10 heteroatoms. The molecule has 0 atom stereocenters. The summed E-state index contributed by atoms with van der Waals surface area (Å²) in [5, 5.41) is 19.3. The van der Waals surface area contributed by atoms with Crippen LogP contribution < -0.4 is 15.3 Å². The van der Waals surface area contributed by atoms with E-state index in [1.54, 1.807) is 23.5 Å². The second-order valence-electron chi connectivity index (χ2n) is 10.9. The lowest BCUT2D eigenvalue weighted by Gasteiger charge is -2.38. The van der Waals surface area contributed by atoms with Crippen molar-refractivity contribution in [3.8, 4) is 0 Å². The first-order valence-corrected chi connectivity index (χ1v) is 18.6. The lowest BCUT2D eigenvalue weighted by Crippen LogP contribution is -2.31. The molecule has 0 fully saturated rings. The molecule has 6 aromatic rings. The van der Waals surface area contributed by atoms with Crippen molar-refractivity contribution in [3.63, 3.8) is 0 Å². The Morgan fingerprint density at radius 3 is 1.07 bits per heavy atom. The van der Waals surface area contributed by atoms with Crippen LogP contribution in [0.3, 0.4) is 0 Å². The average molecular weight is 734 g/mol. The Labute approximate surface area is 292 Å². The van der Waals surface area contributed by atoms with E-state index in [0.717, 1.165) is 20.0 Å². The molecule has 46 heavy (non-hydrogen) atoms. The summed E-state index contributed by atoms with van der Waals surface area (Å²) in [4.78, 5) is 14.4. The van der Waals surface area contributed by atoms with Gasteiger partial charge in [0.2, 0.25) is 0 Å². The van der Waals surface area contributed by atoms with E-state index in [1.165, 1.54) is 57.8 Å². The maximum absolute atomic E-state index is 9.64. The molecular formula is C36H22BBrN2O2S4. The smallest absolute Gasteiger partial charge is 0.423 e. The van der Waals surface area contributed by atoms with Crippen LogP contribution >= 0.6 is 63.0 Å². The summed E-state index contributed by atoms with van der Waals surface area (Å²) < 4.78 is 1.14. The quantitative estimate of drug-likeness (QED) is 0.162. The number of nitrogens with zero attached hydrogens (tertiary/aromatic N) is 2. The Hall–Kier alpha value is -3.22. The Bertz CT molecular complexity index is 2070. The van der Waals surface area contributed by atoms with Crippen LogP contribution in [0.15, 0.2) is 165 Å². The summed E-state index contributed by atoms with van der Waals surface area (Å²) >= 11 is 10.7.